The first-order valence-electron chi connectivity index (χ1n) is 6.33. The number of carboxylic acids is 1. The molecule has 0 aliphatic carbocycles. The molecule has 1 unspecified atom stereocenters. The summed E-state index contributed by atoms with van der Waals surface area (Å²) in [5.74, 6) is -1.93. The lowest BCUT2D eigenvalue weighted by atomic mass is 10.1. The van der Waals surface area contributed by atoms with E-state index in [-0.39, 0.29) is 12.1 Å². The van der Waals surface area contributed by atoms with Crippen molar-refractivity contribution in [1.29, 1.82) is 0 Å². The number of allylic oxidation sites excluding steroid dienone is 1. The Morgan fingerprint density at radius 2 is 2.18 bits per heavy atom. The van der Waals surface area contributed by atoms with Gasteiger partial charge in [0, 0.05) is 12.1 Å². The number of nitro groups is 1. The van der Waals surface area contributed by atoms with Crippen LogP contribution in [0.5, 0.6) is 0 Å². The summed E-state index contributed by atoms with van der Waals surface area (Å²) in [5, 5.41) is 21.9. The van der Waals surface area contributed by atoms with Gasteiger partial charge < -0.3 is 10.4 Å². The summed E-state index contributed by atoms with van der Waals surface area (Å²) in [7, 11) is 0. The molecule has 9 nitrogen and oxygen atoms in total. The maximum atomic E-state index is 11.8. The predicted octanol–water partition coefficient (Wildman–Crippen LogP) is 0.292. The summed E-state index contributed by atoms with van der Waals surface area (Å²) in [6.07, 6.45) is 3.01. The first-order chi connectivity index (χ1) is 10.3. The van der Waals surface area contributed by atoms with Crippen molar-refractivity contribution in [3.05, 3.63) is 51.5 Å². The van der Waals surface area contributed by atoms with Crippen molar-refractivity contribution >= 4 is 17.6 Å². The van der Waals surface area contributed by atoms with E-state index in [4.69, 9.17) is 5.11 Å². The van der Waals surface area contributed by atoms with Crippen molar-refractivity contribution in [3.63, 3.8) is 0 Å². The number of carbonyl (C=O) groups excluding carboxylic acids is 1. The number of nitrogens with one attached hydrogen (secondary N) is 1. The van der Waals surface area contributed by atoms with Crippen LogP contribution >= 0.6 is 0 Å². The highest BCUT2D eigenvalue weighted by atomic mass is 16.6. The fourth-order valence-corrected chi connectivity index (χ4v) is 1.69. The number of pyridine rings is 1. The number of aliphatic carboxylic acids is 1. The lowest BCUT2D eigenvalue weighted by molar-refractivity contribution is -0.385. The van der Waals surface area contributed by atoms with Gasteiger partial charge in [-0.2, -0.15) is 0 Å². The van der Waals surface area contributed by atoms with E-state index in [0.717, 1.165) is 22.9 Å². The molecule has 0 spiro atoms. The summed E-state index contributed by atoms with van der Waals surface area (Å²) in [6.45, 7) is 2.96. The number of nitrogens with zero attached hydrogens (tertiary/aromatic N) is 2. The van der Waals surface area contributed by atoms with Crippen molar-refractivity contribution < 1.29 is 19.6 Å². The van der Waals surface area contributed by atoms with E-state index in [1.807, 2.05) is 0 Å². The quantitative estimate of drug-likeness (QED) is 0.403. The SMILES string of the molecule is C=CCCC(NC(=O)Cn1cc([N+](=O)[O-])ccc1=O)C(=O)O. The van der Waals surface area contributed by atoms with Crippen LogP contribution in [0.15, 0.2) is 35.8 Å². The molecule has 0 aliphatic heterocycles. The third kappa shape index (κ3) is 4.85. The average molecular weight is 309 g/mol. The number of carbonyl (C=O) groups is 2. The van der Waals surface area contributed by atoms with Crippen LogP contribution in [0.3, 0.4) is 0 Å². The monoisotopic (exact) mass is 309 g/mol. The van der Waals surface area contributed by atoms with E-state index in [2.05, 4.69) is 11.9 Å². The maximum Gasteiger partial charge on any atom is 0.326 e. The van der Waals surface area contributed by atoms with Crippen LogP contribution in [-0.2, 0) is 16.1 Å². The molecule has 0 aromatic carbocycles. The minimum absolute atomic E-state index is 0.161. The number of rotatable bonds is 8. The zero-order chi connectivity index (χ0) is 16.7. The van der Waals surface area contributed by atoms with Crippen molar-refractivity contribution in [2.75, 3.05) is 0 Å². The molecule has 0 saturated carbocycles. The molecule has 9 heteroatoms. The smallest absolute Gasteiger partial charge is 0.326 e. The first-order valence-corrected chi connectivity index (χ1v) is 6.33. The molecule has 1 amide bonds. The third-order valence-corrected chi connectivity index (χ3v) is 2.79. The molecule has 1 rings (SSSR count). The van der Waals surface area contributed by atoms with Crippen LogP contribution in [0.4, 0.5) is 5.69 Å². The number of hydrogen-bond donors (Lipinski definition) is 2. The third-order valence-electron chi connectivity index (χ3n) is 2.79. The standard InChI is InChI=1S/C13H15N3O6/c1-2-3-4-10(13(19)20)14-11(17)8-15-7-9(16(21)22)5-6-12(15)18/h2,5-7,10H,1,3-4,8H2,(H,14,17)(H,19,20). The molecule has 1 aromatic heterocycles. The van der Waals surface area contributed by atoms with Crippen molar-refractivity contribution in [1.82, 2.24) is 9.88 Å². The highest BCUT2D eigenvalue weighted by Gasteiger charge is 2.19. The fraction of sp³-hybridized carbons (Fsp3) is 0.308. The van der Waals surface area contributed by atoms with Crippen LogP contribution in [-0.4, -0.2) is 32.5 Å². The molecule has 0 aliphatic rings. The lowest BCUT2D eigenvalue weighted by Crippen LogP contribution is -2.43. The van der Waals surface area contributed by atoms with Gasteiger partial charge in [0.2, 0.25) is 5.91 Å². The Kier molecular flexibility index (Phi) is 5.99. The van der Waals surface area contributed by atoms with Crippen molar-refractivity contribution in [2.45, 2.75) is 25.4 Å². The number of aromatic nitrogens is 1. The molecule has 0 fully saturated rings. The molecular formula is C13H15N3O6. The van der Waals surface area contributed by atoms with Gasteiger partial charge in [-0.15, -0.1) is 6.58 Å². The van der Waals surface area contributed by atoms with E-state index in [9.17, 15) is 24.5 Å². The second kappa shape index (κ2) is 7.72. The van der Waals surface area contributed by atoms with Gasteiger partial charge in [0.05, 0.1) is 11.1 Å². The maximum absolute atomic E-state index is 11.8. The summed E-state index contributed by atoms with van der Waals surface area (Å²) in [4.78, 5) is 44.3. The van der Waals surface area contributed by atoms with Crippen molar-refractivity contribution in [2.24, 2.45) is 0 Å². The second-order valence-corrected chi connectivity index (χ2v) is 4.43. The Labute approximate surface area is 125 Å². The van der Waals surface area contributed by atoms with E-state index >= 15 is 0 Å². The average Bonchev–Trinajstić information content (AvgIpc) is 2.45. The molecule has 1 heterocycles. The summed E-state index contributed by atoms with van der Waals surface area (Å²) < 4.78 is 0.847. The predicted molar refractivity (Wildman–Crippen MR) is 76.4 cm³/mol. The second-order valence-electron chi connectivity index (χ2n) is 4.43. The zero-order valence-corrected chi connectivity index (χ0v) is 11.6. The molecule has 1 atom stereocenters. The summed E-state index contributed by atoms with van der Waals surface area (Å²) in [6, 6.07) is 0.887. The van der Waals surface area contributed by atoms with Crippen LogP contribution in [0.1, 0.15) is 12.8 Å². The van der Waals surface area contributed by atoms with Gasteiger partial charge in [-0.25, -0.2) is 4.79 Å². The van der Waals surface area contributed by atoms with Crippen molar-refractivity contribution in [3.8, 4) is 0 Å². The van der Waals surface area contributed by atoms with E-state index in [0.29, 0.717) is 6.42 Å². The van der Waals surface area contributed by atoms with Crippen LogP contribution in [0.25, 0.3) is 0 Å². The number of hydrogen-bond acceptors (Lipinski definition) is 5. The minimum atomic E-state index is -1.21. The van der Waals surface area contributed by atoms with E-state index in [1.54, 1.807) is 0 Å². The van der Waals surface area contributed by atoms with Crippen LogP contribution in [0, 0.1) is 10.1 Å². The van der Waals surface area contributed by atoms with Gasteiger partial charge in [0.25, 0.3) is 11.2 Å². The van der Waals surface area contributed by atoms with Crippen LogP contribution in [0.2, 0.25) is 0 Å². The summed E-state index contributed by atoms with van der Waals surface area (Å²) >= 11 is 0. The molecule has 22 heavy (non-hydrogen) atoms. The fourth-order valence-electron chi connectivity index (χ4n) is 1.69. The highest BCUT2D eigenvalue weighted by Crippen LogP contribution is 2.06. The molecular weight excluding hydrogens is 294 g/mol. The Balaban J connectivity index is 2.81. The molecule has 2 N–H and O–H groups in total. The Hall–Kier alpha value is -2.97. The van der Waals surface area contributed by atoms with Gasteiger partial charge >= 0.3 is 5.97 Å². The van der Waals surface area contributed by atoms with Gasteiger partial charge in [0.1, 0.15) is 12.6 Å². The van der Waals surface area contributed by atoms with Gasteiger partial charge in [-0.05, 0) is 12.8 Å². The highest BCUT2D eigenvalue weighted by molar-refractivity contribution is 5.83. The Morgan fingerprint density at radius 1 is 1.50 bits per heavy atom. The normalized spacial score (nSPS) is 11.5. The van der Waals surface area contributed by atoms with Gasteiger partial charge in [0.15, 0.2) is 0 Å². The molecule has 0 bridgehead atoms. The number of amides is 1. The Bertz CT molecular complexity index is 651. The molecule has 0 saturated heterocycles. The van der Waals surface area contributed by atoms with E-state index < -0.39 is 34.9 Å². The van der Waals surface area contributed by atoms with Gasteiger partial charge in [-0.1, -0.05) is 6.08 Å². The zero-order valence-electron chi connectivity index (χ0n) is 11.6. The topological polar surface area (TPSA) is 132 Å². The van der Waals surface area contributed by atoms with Gasteiger partial charge in [-0.3, -0.25) is 24.3 Å². The first kappa shape index (κ1) is 17.1. The molecule has 0 radical (unpaired) electrons. The number of carboxylic acid groups (broad SMARTS) is 1. The minimum Gasteiger partial charge on any atom is -0.480 e. The molecule has 1 aromatic rings. The van der Waals surface area contributed by atoms with Crippen LogP contribution < -0.4 is 10.9 Å². The van der Waals surface area contributed by atoms with E-state index in [1.165, 1.54) is 6.08 Å². The lowest BCUT2D eigenvalue weighted by Gasteiger charge is -2.14. The summed E-state index contributed by atoms with van der Waals surface area (Å²) in [5.41, 5.74) is -0.937. The largest absolute Gasteiger partial charge is 0.480 e. The molecule has 118 valence electrons. The Morgan fingerprint density at radius 3 is 2.73 bits per heavy atom.